The standard InChI is InChI=1S/C54H63BN6/c1-35(2)42-23-18-24-43(36(3)4)50(42)59-32-31-57-51(59)44-26-28-47(58-44)54(12,13)53(10,11)40-25-27-45-46(33-40)61(48-34-39(29-30-56-48)52(7,8)9)55(49-37(5)19-17-20-38(49)6)60(45)41-21-15-14-16-22-41/h14-36,58H,1-13H3. The molecule has 4 heterocycles. The van der Waals surface area contributed by atoms with Crippen LogP contribution in [0.25, 0.3) is 17.2 Å². The Morgan fingerprint density at radius 1 is 0.590 bits per heavy atom. The molecule has 6 nitrogen and oxygen atoms in total. The zero-order chi connectivity index (χ0) is 43.6. The second-order valence-electron chi connectivity index (χ2n) is 19.9. The lowest BCUT2D eigenvalue weighted by Crippen LogP contribution is -2.55. The van der Waals surface area contributed by atoms with Gasteiger partial charge in [0.2, 0.25) is 0 Å². The highest BCUT2D eigenvalue weighted by atomic mass is 15.3. The van der Waals surface area contributed by atoms with Gasteiger partial charge in [0.05, 0.1) is 22.8 Å². The van der Waals surface area contributed by atoms with Crippen LogP contribution in [0.4, 0.5) is 22.9 Å². The first-order valence-corrected chi connectivity index (χ1v) is 22.1. The number of nitrogens with zero attached hydrogens (tertiary/aromatic N) is 5. The van der Waals surface area contributed by atoms with Crippen molar-refractivity contribution in [3.8, 4) is 17.2 Å². The molecule has 0 amide bonds. The van der Waals surface area contributed by atoms with Gasteiger partial charge in [0.15, 0.2) is 5.82 Å². The fraction of sp³-hybridized carbons (Fsp3) is 0.333. The topological polar surface area (TPSA) is 53.0 Å². The number of aromatic amines is 1. The number of nitrogens with one attached hydrogen (secondary N) is 1. The van der Waals surface area contributed by atoms with Crippen molar-refractivity contribution in [1.29, 1.82) is 0 Å². The Bertz CT molecular complexity index is 2650. The number of hydrogen-bond acceptors (Lipinski definition) is 4. The van der Waals surface area contributed by atoms with Crippen LogP contribution in [0.1, 0.15) is 127 Å². The van der Waals surface area contributed by atoms with Crippen LogP contribution in [-0.2, 0) is 16.2 Å². The van der Waals surface area contributed by atoms with Crippen molar-refractivity contribution in [2.24, 2.45) is 0 Å². The van der Waals surface area contributed by atoms with Crippen LogP contribution in [-0.4, -0.2) is 26.5 Å². The molecule has 1 aliphatic rings. The van der Waals surface area contributed by atoms with E-state index in [1.54, 1.807) is 0 Å². The lowest BCUT2D eigenvalue weighted by Gasteiger charge is -2.42. The molecule has 312 valence electrons. The van der Waals surface area contributed by atoms with E-state index in [0.717, 1.165) is 34.4 Å². The third kappa shape index (κ3) is 7.20. The Labute approximate surface area is 365 Å². The average molecular weight is 807 g/mol. The summed E-state index contributed by atoms with van der Waals surface area (Å²) in [6.45, 7) is 29.8. The predicted molar refractivity (Wildman–Crippen MR) is 259 cm³/mol. The number of hydrogen-bond donors (Lipinski definition) is 1. The van der Waals surface area contributed by atoms with Gasteiger partial charge in [-0.05, 0) is 107 Å². The molecule has 1 N–H and O–H groups in total. The number of benzene rings is 4. The fourth-order valence-corrected chi connectivity index (χ4v) is 9.38. The van der Waals surface area contributed by atoms with Crippen LogP contribution >= 0.6 is 0 Å². The number of para-hydroxylation sites is 2. The number of aromatic nitrogens is 4. The maximum Gasteiger partial charge on any atom is 0.422 e. The maximum atomic E-state index is 5.16. The summed E-state index contributed by atoms with van der Waals surface area (Å²) in [5.41, 5.74) is 15.2. The van der Waals surface area contributed by atoms with Gasteiger partial charge in [0, 0.05) is 40.8 Å². The monoisotopic (exact) mass is 807 g/mol. The number of rotatable bonds is 10. The smallest absolute Gasteiger partial charge is 0.360 e. The van der Waals surface area contributed by atoms with Crippen LogP contribution in [0, 0.1) is 13.8 Å². The molecule has 0 spiro atoms. The highest BCUT2D eigenvalue weighted by molar-refractivity contribution is 6.85. The summed E-state index contributed by atoms with van der Waals surface area (Å²) in [5.74, 6) is 2.62. The van der Waals surface area contributed by atoms with E-state index in [2.05, 4.69) is 225 Å². The van der Waals surface area contributed by atoms with Crippen LogP contribution in [0.2, 0.25) is 0 Å². The lowest BCUT2D eigenvalue weighted by atomic mass is 9.61. The van der Waals surface area contributed by atoms with Crippen molar-refractivity contribution in [2.45, 2.75) is 118 Å². The maximum absolute atomic E-state index is 5.16. The predicted octanol–water partition coefficient (Wildman–Crippen LogP) is 13.4. The Morgan fingerprint density at radius 3 is 1.89 bits per heavy atom. The first kappa shape index (κ1) is 41.9. The number of fused-ring (bicyclic) bond motifs is 1. The minimum atomic E-state index is -0.311. The van der Waals surface area contributed by atoms with E-state index in [9.17, 15) is 0 Å². The molecule has 0 unspecified atom stereocenters. The summed E-state index contributed by atoms with van der Waals surface area (Å²) in [6.07, 6.45) is 6.03. The van der Waals surface area contributed by atoms with Crippen molar-refractivity contribution >= 4 is 35.3 Å². The first-order chi connectivity index (χ1) is 28.9. The Morgan fingerprint density at radius 2 is 1.25 bits per heavy atom. The van der Waals surface area contributed by atoms with E-state index in [0.29, 0.717) is 11.8 Å². The summed E-state index contributed by atoms with van der Waals surface area (Å²) in [4.78, 5) is 19.0. The molecule has 0 fully saturated rings. The van der Waals surface area contributed by atoms with E-state index in [1.807, 2.05) is 12.4 Å². The summed E-state index contributed by atoms with van der Waals surface area (Å²) >= 11 is 0. The van der Waals surface area contributed by atoms with Gasteiger partial charge >= 0.3 is 6.98 Å². The summed E-state index contributed by atoms with van der Waals surface area (Å²) in [6, 6.07) is 40.3. The van der Waals surface area contributed by atoms with E-state index in [4.69, 9.17) is 9.97 Å². The number of pyridine rings is 1. The number of imidazole rings is 1. The quantitative estimate of drug-likeness (QED) is 0.140. The van der Waals surface area contributed by atoms with Gasteiger partial charge in [-0.25, -0.2) is 9.97 Å². The molecule has 0 bridgehead atoms. The van der Waals surface area contributed by atoms with Crippen LogP contribution < -0.4 is 15.1 Å². The summed E-state index contributed by atoms with van der Waals surface area (Å²) in [7, 11) is 0. The average Bonchev–Trinajstić information content (AvgIpc) is 3.99. The molecule has 0 saturated carbocycles. The van der Waals surface area contributed by atoms with Crippen molar-refractivity contribution in [2.75, 3.05) is 9.62 Å². The third-order valence-electron chi connectivity index (χ3n) is 13.8. The summed E-state index contributed by atoms with van der Waals surface area (Å²) < 4.78 is 2.29. The Kier molecular flexibility index (Phi) is 10.7. The Balaban J connectivity index is 1.26. The van der Waals surface area contributed by atoms with Crippen LogP contribution in [0.15, 0.2) is 128 Å². The molecule has 3 aromatic heterocycles. The molecule has 0 aliphatic carbocycles. The molecule has 4 aromatic carbocycles. The van der Waals surface area contributed by atoms with Gasteiger partial charge in [0.25, 0.3) is 0 Å². The van der Waals surface area contributed by atoms with Gasteiger partial charge in [0.1, 0.15) is 5.82 Å². The first-order valence-electron chi connectivity index (χ1n) is 22.1. The lowest BCUT2D eigenvalue weighted by molar-refractivity contribution is 0.297. The molecule has 0 radical (unpaired) electrons. The van der Waals surface area contributed by atoms with E-state index >= 15 is 0 Å². The SMILES string of the molecule is Cc1cccc(C)c1B1N(c2ccccc2)c2ccc(C(C)(C)C(C)(C)c3ccc(-c4nccn4-c4c(C(C)C)cccc4C(C)C)[nH]3)cc2N1c1cc(C(C)(C)C)ccn1. The van der Waals surface area contributed by atoms with Gasteiger partial charge < -0.3 is 14.6 Å². The zero-order valence-corrected chi connectivity index (χ0v) is 38.6. The van der Waals surface area contributed by atoms with Gasteiger partial charge in [-0.3, -0.25) is 4.57 Å². The molecule has 1 aliphatic heterocycles. The van der Waals surface area contributed by atoms with Crippen molar-refractivity contribution in [3.63, 3.8) is 0 Å². The molecule has 0 atom stereocenters. The largest absolute Gasteiger partial charge is 0.422 e. The number of H-pyrrole nitrogens is 1. The second-order valence-corrected chi connectivity index (χ2v) is 19.9. The normalized spacial score (nSPS) is 13.5. The van der Waals surface area contributed by atoms with Crippen LogP contribution in [0.5, 0.6) is 0 Å². The fourth-order valence-electron chi connectivity index (χ4n) is 9.38. The highest BCUT2D eigenvalue weighted by Gasteiger charge is 2.48. The number of anilines is 4. The molecule has 61 heavy (non-hydrogen) atoms. The van der Waals surface area contributed by atoms with Crippen molar-refractivity contribution in [1.82, 2.24) is 19.5 Å². The molecule has 0 saturated heterocycles. The minimum absolute atomic E-state index is 0.0398. The zero-order valence-electron chi connectivity index (χ0n) is 38.6. The van der Waals surface area contributed by atoms with E-state index in [-0.39, 0.29) is 23.2 Å². The van der Waals surface area contributed by atoms with E-state index in [1.165, 1.54) is 50.2 Å². The third-order valence-corrected chi connectivity index (χ3v) is 13.8. The van der Waals surface area contributed by atoms with E-state index < -0.39 is 0 Å². The van der Waals surface area contributed by atoms with Gasteiger partial charge in [-0.1, -0.05) is 148 Å². The summed E-state index contributed by atoms with van der Waals surface area (Å²) in [5, 5.41) is 0. The van der Waals surface area contributed by atoms with Gasteiger partial charge in [-0.15, -0.1) is 0 Å². The molecular weight excluding hydrogens is 743 g/mol. The number of aryl methyl sites for hydroxylation is 2. The van der Waals surface area contributed by atoms with Gasteiger partial charge in [-0.2, -0.15) is 0 Å². The van der Waals surface area contributed by atoms with Crippen molar-refractivity contribution < 1.29 is 0 Å². The highest BCUT2D eigenvalue weighted by Crippen LogP contribution is 2.51. The minimum Gasteiger partial charge on any atom is -0.360 e. The molecule has 7 aromatic rings. The molecular formula is C54H63BN6. The molecule has 7 heteroatoms. The Hall–Kier alpha value is -5.82. The molecule has 8 rings (SSSR count). The van der Waals surface area contributed by atoms with Crippen LogP contribution in [0.3, 0.4) is 0 Å². The second kappa shape index (κ2) is 15.6. The van der Waals surface area contributed by atoms with Crippen molar-refractivity contribution in [3.05, 3.63) is 167 Å².